The molecular weight excluding hydrogens is 352 g/mol. The average molecular weight is 377 g/mol. The van der Waals surface area contributed by atoms with Crippen molar-refractivity contribution in [2.24, 2.45) is 0 Å². The van der Waals surface area contributed by atoms with Crippen LogP contribution in [0.5, 0.6) is 11.5 Å². The summed E-state index contributed by atoms with van der Waals surface area (Å²) in [4.78, 5) is 0. The maximum Gasteiger partial charge on any atom is 0.170 e. The maximum absolute atomic E-state index is 5.91. The third-order valence-corrected chi connectivity index (χ3v) is 4.45. The molecule has 0 radical (unpaired) electrons. The molecule has 0 bridgehead atoms. The topological polar surface area (TPSA) is 33.3 Å². The lowest BCUT2D eigenvalue weighted by Crippen LogP contribution is -2.29. The number of hydrogen-bond acceptors (Lipinski definition) is 2. The summed E-state index contributed by atoms with van der Waals surface area (Å²) in [7, 11) is 0. The van der Waals surface area contributed by atoms with Gasteiger partial charge in [0.05, 0.1) is 0 Å². The summed E-state index contributed by atoms with van der Waals surface area (Å²) in [5.41, 5.74) is 3.40. The van der Waals surface area contributed by atoms with Crippen LogP contribution in [-0.4, -0.2) is 11.7 Å². The zero-order chi connectivity index (χ0) is 18.9. The molecular formula is C23H24N2OS. The van der Waals surface area contributed by atoms with Crippen molar-refractivity contribution in [2.45, 2.75) is 19.8 Å². The Balaban J connectivity index is 1.42. The monoisotopic (exact) mass is 376 g/mol. The van der Waals surface area contributed by atoms with Crippen molar-refractivity contribution in [3.63, 3.8) is 0 Å². The van der Waals surface area contributed by atoms with E-state index >= 15 is 0 Å². The number of para-hydroxylation sites is 1. The SMILES string of the molecule is Cc1ccccc1Oc1ccc(NC(=S)NCCCc2ccccc2)cc1. The zero-order valence-corrected chi connectivity index (χ0v) is 16.3. The molecule has 0 amide bonds. The summed E-state index contributed by atoms with van der Waals surface area (Å²) >= 11 is 5.37. The quantitative estimate of drug-likeness (QED) is 0.409. The van der Waals surface area contributed by atoms with Crippen LogP contribution in [0.4, 0.5) is 5.69 Å². The normalized spacial score (nSPS) is 10.3. The summed E-state index contributed by atoms with van der Waals surface area (Å²) < 4.78 is 5.91. The minimum atomic E-state index is 0.635. The second-order valence-electron chi connectivity index (χ2n) is 6.36. The average Bonchev–Trinajstić information content (AvgIpc) is 2.69. The number of rotatable bonds is 7. The summed E-state index contributed by atoms with van der Waals surface area (Å²) in [6.45, 7) is 2.88. The number of benzene rings is 3. The molecule has 3 nitrogen and oxygen atoms in total. The van der Waals surface area contributed by atoms with E-state index in [1.165, 1.54) is 5.56 Å². The predicted molar refractivity (Wildman–Crippen MR) is 117 cm³/mol. The van der Waals surface area contributed by atoms with Crippen LogP contribution in [0.1, 0.15) is 17.5 Å². The van der Waals surface area contributed by atoms with E-state index in [0.29, 0.717) is 5.11 Å². The number of aryl methyl sites for hydroxylation is 2. The van der Waals surface area contributed by atoms with E-state index in [4.69, 9.17) is 17.0 Å². The van der Waals surface area contributed by atoms with Gasteiger partial charge in [-0.1, -0.05) is 48.5 Å². The highest BCUT2D eigenvalue weighted by Gasteiger charge is 2.02. The number of anilines is 1. The second-order valence-corrected chi connectivity index (χ2v) is 6.77. The van der Waals surface area contributed by atoms with Gasteiger partial charge in [0, 0.05) is 12.2 Å². The Bertz CT molecular complexity index is 863. The number of ether oxygens (including phenoxy) is 1. The molecule has 0 aromatic heterocycles. The fourth-order valence-corrected chi connectivity index (χ4v) is 2.94. The van der Waals surface area contributed by atoms with Crippen molar-refractivity contribution in [1.82, 2.24) is 5.32 Å². The molecule has 0 aliphatic rings. The molecule has 0 aliphatic heterocycles. The van der Waals surface area contributed by atoms with Crippen molar-refractivity contribution >= 4 is 23.0 Å². The molecule has 0 aliphatic carbocycles. The lowest BCUT2D eigenvalue weighted by atomic mass is 10.1. The van der Waals surface area contributed by atoms with E-state index in [-0.39, 0.29) is 0 Å². The van der Waals surface area contributed by atoms with Crippen LogP contribution in [0.15, 0.2) is 78.9 Å². The number of hydrogen-bond donors (Lipinski definition) is 2. The number of thiocarbonyl (C=S) groups is 1. The van der Waals surface area contributed by atoms with Gasteiger partial charge >= 0.3 is 0 Å². The van der Waals surface area contributed by atoms with Crippen LogP contribution in [0, 0.1) is 6.92 Å². The smallest absolute Gasteiger partial charge is 0.170 e. The Morgan fingerprint density at radius 1 is 0.889 bits per heavy atom. The van der Waals surface area contributed by atoms with E-state index in [9.17, 15) is 0 Å². The second kappa shape index (κ2) is 9.74. The van der Waals surface area contributed by atoms with Gasteiger partial charge in [0.2, 0.25) is 0 Å². The maximum atomic E-state index is 5.91. The first-order valence-corrected chi connectivity index (χ1v) is 9.54. The van der Waals surface area contributed by atoms with Crippen LogP contribution in [0.25, 0.3) is 0 Å². The molecule has 0 unspecified atom stereocenters. The van der Waals surface area contributed by atoms with Crippen molar-refractivity contribution in [3.05, 3.63) is 90.0 Å². The van der Waals surface area contributed by atoms with Crippen molar-refractivity contribution < 1.29 is 4.74 Å². The third-order valence-electron chi connectivity index (χ3n) is 4.20. The molecule has 27 heavy (non-hydrogen) atoms. The van der Waals surface area contributed by atoms with Gasteiger partial charge in [-0.2, -0.15) is 0 Å². The molecule has 0 saturated carbocycles. The van der Waals surface area contributed by atoms with E-state index in [2.05, 4.69) is 34.9 Å². The Hall–Kier alpha value is -2.85. The molecule has 0 spiro atoms. The molecule has 3 aromatic rings. The lowest BCUT2D eigenvalue weighted by Gasteiger charge is -2.12. The van der Waals surface area contributed by atoms with Gasteiger partial charge in [0.1, 0.15) is 11.5 Å². The van der Waals surface area contributed by atoms with Crippen LogP contribution in [0.3, 0.4) is 0 Å². The highest BCUT2D eigenvalue weighted by Crippen LogP contribution is 2.25. The van der Waals surface area contributed by atoms with E-state index in [0.717, 1.165) is 42.1 Å². The fraction of sp³-hybridized carbons (Fsp3) is 0.174. The van der Waals surface area contributed by atoms with Gasteiger partial charge in [0.15, 0.2) is 5.11 Å². The Morgan fingerprint density at radius 3 is 2.33 bits per heavy atom. The fourth-order valence-electron chi connectivity index (χ4n) is 2.72. The largest absolute Gasteiger partial charge is 0.457 e. The molecule has 4 heteroatoms. The molecule has 138 valence electrons. The molecule has 0 heterocycles. The first-order valence-electron chi connectivity index (χ1n) is 9.13. The molecule has 0 saturated heterocycles. The standard InChI is InChI=1S/C23H24N2OS/c1-18-8-5-6-12-22(18)26-21-15-13-20(14-16-21)25-23(27)24-17-7-11-19-9-3-2-4-10-19/h2-6,8-10,12-16H,7,11,17H2,1H3,(H2,24,25,27). The first kappa shape index (κ1) is 18.9. The van der Waals surface area contributed by atoms with Gasteiger partial charge in [0.25, 0.3) is 0 Å². The highest BCUT2D eigenvalue weighted by atomic mass is 32.1. The van der Waals surface area contributed by atoms with Crippen LogP contribution in [-0.2, 0) is 6.42 Å². The molecule has 2 N–H and O–H groups in total. The predicted octanol–water partition coefficient (Wildman–Crippen LogP) is 5.71. The van der Waals surface area contributed by atoms with Gasteiger partial charge in [-0.3, -0.25) is 0 Å². The molecule has 3 rings (SSSR count). The van der Waals surface area contributed by atoms with Crippen LogP contribution in [0.2, 0.25) is 0 Å². The van der Waals surface area contributed by atoms with E-state index < -0.39 is 0 Å². The summed E-state index contributed by atoms with van der Waals surface area (Å²) in [5.74, 6) is 1.67. The lowest BCUT2D eigenvalue weighted by molar-refractivity contribution is 0.479. The van der Waals surface area contributed by atoms with E-state index in [1.807, 2.05) is 61.5 Å². The van der Waals surface area contributed by atoms with Crippen molar-refractivity contribution in [2.75, 3.05) is 11.9 Å². The van der Waals surface area contributed by atoms with Gasteiger partial charge < -0.3 is 15.4 Å². The minimum Gasteiger partial charge on any atom is -0.457 e. The summed E-state index contributed by atoms with van der Waals surface area (Å²) in [6, 6.07) is 26.3. The summed E-state index contributed by atoms with van der Waals surface area (Å²) in [5, 5.41) is 7.10. The third kappa shape index (κ3) is 6.12. The Morgan fingerprint density at radius 2 is 1.59 bits per heavy atom. The van der Waals surface area contributed by atoms with Gasteiger partial charge in [-0.05, 0) is 73.4 Å². The van der Waals surface area contributed by atoms with E-state index in [1.54, 1.807) is 0 Å². The number of nitrogens with one attached hydrogen (secondary N) is 2. The Labute approximate surface area is 166 Å². The van der Waals surface area contributed by atoms with Crippen LogP contribution < -0.4 is 15.4 Å². The van der Waals surface area contributed by atoms with Crippen molar-refractivity contribution in [1.29, 1.82) is 0 Å². The zero-order valence-electron chi connectivity index (χ0n) is 15.4. The van der Waals surface area contributed by atoms with Crippen molar-refractivity contribution in [3.8, 4) is 11.5 Å². The Kier molecular flexibility index (Phi) is 6.83. The first-order chi connectivity index (χ1) is 13.2. The van der Waals surface area contributed by atoms with Crippen LogP contribution >= 0.6 is 12.2 Å². The highest BCUT2D eigenvalue weighted by molar-refractivity contribution is 7.80. The van der Waals surface area contributed by atoms with Gasteiger partial charge in [-0.15, -0.1) is 0 Å². The molecule has 0 atom stereocenters. The molecule has 0 fully saturated rings. The minimum absolute atomic E-state index is 0.635. The van der Waals surface area contributed by atoms with Gasteiger partial charge in [-0.25, -0.2) is 0 Å². The molecule has 3 aromatic carbocycles. The summed E-state index contributed by atoms with van der Waals surface area (Å²) in [6.07, 6.45) is 2.08.